The molecular formula is C39H73N3OS. The number of nitrogens with one attached hydrogen (secondary N) is 1. The zero-order chi connectivity index (χ0) is 33.3. The van der Waals surface area contributed by atoms with E-state index < -0.39 is 0 Å². The second-order valence-electron chi connectivity index (χ2n) is 11.4. The predicted octanol–water partition coefficient (Wildman–Crippen LogP) is 11.0. The third kappa shape index (κ3) is 24.7. The third-order valence-corrected chi connectivity index (χ3v) is 7.97. The van der Waals surface area contributed by atoms with Gasteiger partial charge in [0.1, 0.15) is 6.29 Å². The van der Waals surface area contributed by atoms with Crippen molar-refractivity contribution < 1.29 is 4.79 Å². The highest BCUT2D eigenvalue weighted by Crippen LogP contribution is 2.24. The Balaban J connectivity index is 0. The molecule has 1 aromatic carbocycles. The summed E-state index contributed by atoms with van der Waals surface area (Å²) < 4.78 is 0. The van der Waals surface area contributed by atoms with E-state index in [-0.39, 0.29) is 0 Å². The molecule has 1 heterocycles. The molecule has 1 aliphatic heterocycles. The average molecular weight is 632 g/mol. The Morgan fingerprint density at radius 2 is 1.59 bits per heavy atom. The number of hydrogen-bond donors (Lipinski definition) is 1. The van der Waals surface area contributed by atoms with Crippen LogP contribution in [0.5, 0.6) is 0 Å². The molecule has 1 saturated heterocycles. The summed E-state index contributed by atoms with van der Waals surface area (Å²) in [5.74, 6) is 0. The van der Waals surface area contributed by atoms with Crippen LogP contribution in [0.25, 0.3) is 0 Å². The van der Waals surface area contributed by atoms with Crippen LogP contribution in [0.3, 0.4) is 0 Å². The SMILES string of the molecule is C=CCCN(CCNC(C)/C=C/SC)c1cc(C=O)ccc1CCCC.CC.CCCCC.CCCN1CCCCCCC1. The molecule has 0 saturated carbocycles. The number of unbranched alkanes of at least 4 members (excludes halogenated alkanes) is 3. The monoisotopic (exact) mass is 632 g/mol. The van der Waals surface area contributed by atoms with Gasteiger partial charge < -0.3 is 15.1 Å². The Hall–Kier alpha value is -1.56. The summed E-state index contributed by atoms with van der Waals surface area (Å²) in [6.07, 6.45) is 24.1. The van der Waals surface area contributed by atoms with Gasteiger partial charge in [-0.25, -0.2) is 0 Å². The van der Waals surface area contributed by atoms with E-state index in [4.69, 9.17) is 0 Å². The lowest BCUT2D eigenvalue weighted by atomic mass is 10.0. The minimum atomic E-state index is 0.351. The molecule has 1 aromatic rings. The number of aryl methyl sites for hydroxylation is 1. The van der Waals surface area contributed by atoms with Gasteiger partial charge in [0.15, 0.2) is 0 Å². The van der Waals surface area contributed by atoms with Crippen LogP contribution in [0.2, 0.25) is 0 Å². The van der Waals surface area contributed by atoms with Gasteiger partial charge in [0, 0.05) is 36.9 Å². The second-order valence-corrected chi connectivity index (χ2v) is 12.2. The number of likely N-dealkylation sites (tertiary alicyclic amines) is 1. The summed E-state index contributed by atoms with van der Waals surface area (Å²) in [5.41, 5.74) is 3.27. The van der Waals surface area contributed by atoms with Gasteiger partial charge in [-0.3, -0.25) is 4.79 Å². The summed E-state index contributed by atoms with van der Waals surface area (Å²) in [5, 5.41) is 5.66. The maximum Gasteiger partial charge on any atom is 0.150 e. The fraction of sp³-hybridized carbons (Fsp3) is 0.718. The first-order chi connectivity index (χ1) is 21.5. The van der Waals surface area contributed by atoms with Gasteiger partial charge in [-0.2, -0.15) is 0 Å². The van der Waals surface area contributed by atoms with Crippen LogP contribution in [0.4, 0.5) is 5.69 Å². The Labute approximate surface area is 279 Å². The van der Waals surface area contributed by atoms with Crippen molar-refractivity contribution in [3.8, 4) is 0 Å². The lowest BCUT2D eigenvalue weighted by Crippen LogP contribution is -2.36. The van der Waals surface area contributed by atoms with E-state index in [0.29, 0.717) is 6.04 Å². The molecule has 1 N–H and O–H groups in total. The van der Waals surface area contributed by atoms with Gasteiger partial charge in [0.2, 0.25) is 0 Å². The molecule has 4 nitrogen and oxygen atoms in total. The van der Waals surface area contributed by atoms with Crippen LogP contribution >= 0.6 is 11.8 Å². The van der Waals surface area contributed by atoms with E-state index in [1.165, 1.54) is 95.1 Å². The van der Waals surface area contributed by atoms with Crippen molar-refractivity contribution in [2.45, 2.75) is 138 Å². The fourth-order valence-electron chi connectivity index (χ4n) is 5.03. The summed E-state index contributed by atoms with van der Waals surface area (Å²) >= 11 is 1.72. The third-order valence-electron chi connectivity index (χ3n) is 7.54. The molecule has 0 amide bonds. The average Bonchev–Trinajstić information content (AvgIpc) is 3.04. The number of carbonyl (C=O) groups excluding carboxylic acids is 1. The zero-order valence-corrected chi connectivity index (χ0v) is 31.3. The second kappa shape index (κ2) is 34.3. The first-order valence-corrected chi connectivity index (χ1v) is 19.4. The van der Waals surface area contributed by atoms with Gasteiger partial charge >= 0.3 is 0 Å². The minimum Gasteiger partial charge on any atom is -0.370 e. The van der Waals surface area contributed by atoms with E-state index in [0.717, 1.165) is 50.7 Å². The van der Waals surface area contributed by atoms with Crippen molar-refractivity contribution in [1.29, 1.82) is 0 Å². The van der Waals surface area contributed by atoms with Crippen LogP contribution < -0.4 is 10.2 Å². The Bertz CT molecular complexity index is 788. The molecule has 256 valence electrons. The van der Waals surface area contributed by atoms with Gasteiger partial charge in [-0.05, 0) is 88.4 Å². The standard InChI is InChI=1S/C22H34N2OS.C10H21N.C5H12.C2H6/c1-5-7-9-21-11-10-20(18-25)17-22(21)24(14-8-6-2)15-13-23-19(3)12-16-26-4;1-2-8-11-9-6-4-3-5-7-10-11;1-3-5-4-2;1-2/h6,10-12,16-19,23H,2,5,7-9,13-15H2,1,3-4H3;2-10H2,1H3;3-5H2,1-2H3;1-2H3/b16-12+;;;. The van der Waals surface area contributed by atoms with Crippen molar-refractivity contribution in [3.05, 3.63) is 53.5 Å². The molecule has 5 heteroatoms. The molecule has 1 aliphatic rings. The normalized spacial score (nSPS) is 14.0. The molecule has 44 heavy (non-hydrogen) atoms. The molecule has 0 aliphatic carbocycles. The lowest BCUT2D eigenvalue weighted by Gasteiger charge is -2.28. The van der Waals surface area contributed by atoms with Crippen LogP contribution in [-0.2, 0) is 6.42 Å². The van der Waals surface area contributed by atoms with Crippen molar-refractivity contribution in [2.75, 3.05) is 50.4 Å². The fourth-order valence-corrected chi connectivity index (χ4v) is 5.42. The van der Waals surface area contributed by atoms with Crippen LogP contribution in [0.1, 0.15) is 141 Å². The number of aldehydes is 1. The van der Waals surface area contributed by atoms with Crippen LogP contribution in [-0.4, -0.2) is 62.8 Å². The highest BCUT2D eigenvalue weighted by Gasteiger charge is 2.12. The summed E-state index contributed by atoms with van der Waals surface area (Å²) in [7, 11) is 0. The van der Waals surface area contributed by atoms with E-state index in [1.807, 2.05) is 32.1 Å². The first kappa shape index (κ1) is 44.6. The zero-order valence-electron chi connectivity index (χ0n) is 30.5. The number of nitrogens with zero attached hydrogens (tertiary/aromatic N) is 2. The van der Waals surface area contributed by atoms with Crippen molar-refractivity contribution in [3.63, 3.8) is 0 Å². The summed E-state index contributed by atoms with van der Waals surface area (Å²) in [4.78, 5) is 16.3. The van der Waals surface area contributed by atoms with E-state index in [1.54, 1.807) is 11.8 Å². The molecule has 1 fully saturated rings. The first-order valence-electron chi connectivity index (χ1n) is 18.1. The van der Waals surface area contributed by atoms with Gasteiger partial charge in [-0.15, -0.1) is 18.3 Å². The molecule has 0 bridgehead atoms. The number of thioether (sulfide) groups is 1. The number of hydrogen-bond acceptors (Lipinski definition) is 5. The maximum absolute atomic E-state index is 11.3. The Morgan fingerprint density at radius 1 is 0.955 bits per heavy atom. The Morgan fingerprint density at radius 3 is 2.11 bits per heavy atom. The van der Waals surface area contributed by atoms with E-state index >= 15 is 0 Å². The number of benzene rings is 1. The number of anilines is 1. The smallest absolute Gasteiger partial charge is 0.150 e. The number of rotatable bonds is 18. The quantitative estimate of drug-likeness (QED) is 0.129. The molecule has 0 radical (unpaired) electrons. The molecular weight excluding hydrogens is 559 g/mol. The van der Waals surface area contributed by atoms with E-state index in [9.17, 15) is 4.79 Å². The largest absolute Gasteiger partial charge is 0.370 e. The van der Waals surface area contributed by atoms with Crippen molar-refractivity contribution in [2.24, 2.45) is 0 Å². The molecule has 1 atom stereocenters. The summed E-state index contributed by atoms with van der Waals surface area (Å²) in [6, 6.07) is 6.44. The van der Waals surface area contributed by atoms with E-state index in [2.05, 4.69) is 80.1 Å². The Kier molecular flexibility index (Phi) is 34.8. The highest BCUT2D eigenvalue weighted by atomic mass is 32.2. The van der Waals surface area contributed by atoms with Gasteiger partial charge in [0.05, 0.1) is 0 Å². The molecule has 0 aromatic heterocycles. The molecule has 0 spiro atoms. The topological polar surface area (TPSA) is 35.6 Å². The van der Waals surface area contributed by atoms with Crippen molar-refractivity contribution >= 4 is 23.7 Å². The highest BCUT2D eigenvalue weighted by molar-refractivity contribution is 8.01. The maximum atomic E-state index is 11.3. The van der Waals surface area contributed by atoms with Crippen LogP contribution in [0.15, 0.2) is 42.3 Å². The summed E-state index contributed by atoms with van der Waals surface area (Å²) in [6.45, 7) is 25.7. The molecule has 1 unspecified atom stereocenters. The van der Waals surface area contributed by atoms with Crippen LogP contribution in [0, 0.1) is 0 Å². The lowest BCUT2D eigenvalue weighted by molar-refractivity contribution is 0.112. The minimum absolute atomic E-state index is 0.351. The van der Waals surface area contributed by atoms with Gasteiger partial charge in [0.25, 0.3) is 0 Å². The predicted molar refractivity (Wildman–Crippen MR) is 204 cm³/mol. The van der Waals surface area contributed by atoms with Crippen molar-refractivity contribution in [1.82, 2.24) is 10.2 Å². The number of carbonyl (C=O) groups is 1. The van der Waals surface area contributed by atoms with Gasteiger partial charge in [-0.1, -0.05) is 111 Å². The molecule has 2 rings (SSSR count).